The molecule has 0 radical (unpaired) electrons. The molecule has 0 unspecified atom stereocenters. The van der Waals surface area contributed by atoms with Crippen molar-refractivity contribution in [3.63, 3.8) is 0 Å². The average molecular weight is 155 g/mol. The van der Waals surface area contributed by atoms with Crippen LogP contribution in [0, 0.1) is 11.3 Å². The highest BCUT2D eigenvalue weighted by Crippen LogP contribution is 2.53. The van der Waals surface area contributed by atoms with Gasteiger partial charge in [-0.25, -0.2) is 0 Å². The predicted octanol–water partition coefficient (Wildman–Crippen LogP) is 0.886. The summed E-state index contributed by atoms with van der Waals surface area (Å²) in [4.78, 5) is 0. The minimum Gasteiger partial charge on any atom is -0.396 e. The Morgan fingerprint density at radius 1 is 1.55 bits per heavy atom. The van der Waals surface area contributed by atoms with E-state index < -0.39 is 0 Å². The summed E-state index contributed by atoms with van der Waals surface area (Å²) in [5.41, 5.74) is 6.12. The zero-order chi connectivity index (χ0) is 7.90. The first-order valence-corrected chi connectivity index (χ1v) is 4.63. The summed E-state index contributed by atoms with van der Waals surface area (Å²) in [6.07, 6.45) is 6.03. The van der Waals surface area contributed by atoms with E-state index in [2.05, 4.69) is 0 Å². The number of hydrogen-bond donors (Lipinski definition) is 2. The van der Waals surface area contributed by atoms with Crippen molar-refractivity contribution in [2.45, 2.75) is 38.1 Å². The molecule has 2 nitrogen and oxygen atoms in total. The Labute approximate surface area is 67.8 Å². The van der Waals surface area contributed by atoms with Crippen LogP contribution in [0.15, 0.2) is 0 Å². The Kier molecular flexibility index (Phi) is 1.69. The first kappa shape index (κ1) is 7.56. The van der Waals surface area contributed by atoms with Crippen molar-refractivity contribution in [2.75, 3.05) is 6.61 Å². The fraction of sp³-hybridized carbons (Fsp3) is 1.00. The molecule has 2 aliphatic carbocycles. The number of nitrogens with two attached hydrogens (primary N) is 1. The molecule has 0 aromatic rings. The van der Waals surface area contributed by atoms with E-state index in [-0.39, 0.29) is 5.41 Å². The average Bonchev–Trinajstić information content (AvgIpc) is 2.43. The second-order valence-corrected chi connectivity index (χ2v) is 4.31. The minimum atomic E-state index is 0.249. The number of hydrogen-bond acceptors (Lipinski definition) is 2. The number of fused-ring (bicyclic) bond motifs is 1. The SMILES string of the molecule is N[C@@H]1C[C@@H]2CCC[C@]2(CO)C1. The summed E-state index contributed by atoms with van der Waals surface area (Å²) in [6, 6.07) is 0.368. The fourth-order valence-electron chi connectivity index (χ4n) is 3.09. The Hall–Kier alpha value is -0.0800. The van der Waals surface area contributed by atoms with Gasteiger partial charge in [0.15, 0.2) is 0 Å². The summed E-state index contributed by atoms with van der Waals surface area (Å²) in [5.74, 6) is 0.738. The van der Waals surface area contributed by atoms with E-state index in [1.54, 1.807) is 0 Å². The van der Waals surface area contributed by atoms with Gasteiger partial charge in [-0.1, -0.05) is 6.42 Å². The molecule has 0 aromatic carbocycles. The molecule has 2 heteroatoms. The third kappa shape index (κ3) is 1.00. The van der Waals surface area contributed by atoms with Crippen LogP contribution in [-0.4, -0.2) is 17.8 Å². The van der Waals surface area contributed by atoms with E-state index >= 15 is 0 Å². The maximum Gasteiger partial charge on any atom is 0.0490 e. The molecule has 0 aliphatic heterocycles. The second kappa shape index (κ2) is 2.46. The standard InChI is InChI=1S/C9H17NO/c10-8-4-7-2-1-3-9(7,5-8)6-11/h7-8,11H,1-6,10H2/t7-,8+,9+/m0/s1. The van der Waals surface area contributed by atoms with Gasteiger partial charge in [0.2, 0.25) is 0 Å². The van der Waals surface area contributed by atoms with Gasteiger partial charge < -0.3 is 10.8 Å². The van der Waals surface area contributed by atoms with Crippen molar-refractivity contribution in [1.82, 2.24) is 0 Å². The van der Waals surface area contributed by atoms with E-state index in [1.165, 1.54) is 19.3 Å². The van der Waals surface area contributed by atoms with Crippen molar-refractivity contribution < 1.29 is 5.11 Å². The molecule has 0 spiro atoms. The highest BCUT2D eigenvalue weighted by atomic mass is 16.3. The van der Waals surface area contributed by atoms with Gasteiger partial charge in [0.1, 0.15) is 0 Å². The van der Waals surface area contributed by atoms with Gasteiger partial charge in [0, 0.05) is 12.6 Å². The van der Waals surface area contributed by atoms with Gasteiger partial charge in [-0.15, -0.1) is 0 Å². The molecule has 0 bridgehead atoms. The van der Waals surface area contributed by atoms with Gasteiger partial charge in [0.25, 0.3) is 0 Å². The normalized spacial score (nSPS) is 49.6. The van der Waals surface area contributed by atoms with Crippen molar-refractivity contribution in [2.24, 2.45) is 17.1 Å². The van der Waals surface area contributed by atoms with Crippen LogP contribution in [0.25, 0.3) is 0 Å². The lowest BCUT2D eigenvalue weighted by Gasteiger charge is -2.26. The van der Waals surface area contributed by atoms with Crippen LogP contribution in [0.4, 0.5) is 0 Å². The van der Waals surface area contributed by atoms with Crippen LogP contribution in [-0.2, 0) is 0 Å². The Balaban J connectivity index is 2.15. The highest BCUT2D eigenvalue weighted by molar-refractivity contribution is 5.00. The third-order valence-corrected chi connectivity index (χ3v) is 3.66. The third-order valence-electron chi connectivity index (χ3n) is 3.66. The summed E-state index contributed by atoms with van der Waals surface area (Å²) in [5, 5.41) is 9.29. The van der Waals surface area contributed by atoms with E-state index in [9.17, 15) is 5.11 Å². The largest absolute Gasteiger partial charge is 0.396 e. The quantitative estimate of drug-likeness (QED) is 0.590. The molecular formula is C9H17NO. The van der Waals surface area contributed by atoms with E-state index in [0.717, 1.165) is 18.8 Å². The van der Waals surface area contributed by atoms with Crippen LogP contribution in [0.2, 0.25) is 0 Å². The molecule has 3 N–H and O–H groups in total. The summed E-state index contributed by atoms with van der Waals surface area (Å²) in [6.45, 7) is 0.366. The van der Waals surface area contributed by atoms with Gasteiger partial charge >= 0.3 is 0 Å². The molecule has 2 rings (SSSR count). The van der Waals surface area contributed by atoms with Crippen molar-refractivity contribution >= 4 is 0 Å². The molecule has 0 aromatic heterocycles. The first-order valence-electron chi connectivity index (χ1n) is 4.63. The van der Waals surface area contributed by atoms with Gasteiger partial charge in [-0.05, 0) is 37.0 Å². The van der Waals surface area contributed by atoms with Gasteiger partial charge in [-0.3, -0.25) is 0 Å². The Bertz CT molecular complexity index is 160. The molecular weight excluding hydrogens is 138 g/mol. The lowest BCUT2D eigenvalue weighted by atomic mass is 9.81. The topological polar surface area (TPSA) is 46.2 Å². The lowest BCUT2D eigenvalue weighted by Crippen LogP contribution is -2.26. The van der Waals surface area contributed by atoms with E-state index in [4.69, 9.17) is 5.73 Å². The minimum absolute atomic E-state index is 0.249. The molecule has 2 fully saturated rings. The van der Waals surface area contributed by atoms with Crippen LogP contribution < -0.4 is 5.73 Å². The molecule has 11 heavy (non-hydrogen) atoms. The smallest absolute Gasteiger partial charge is 0.0490 e. The van der Waals surface area contributed by atoms with Crippen LogP contribution in [0.5, 0.6) is 0 Å². The van der Waals surface area contributed by atoms with E-state index in [0.29, 0.717) is 12.6 Å². The highest BCUT2D eigenvalue weighted by Gasteiger charge is 2.48. The molecule has 0 heterocycles. The van der Waals surface area contributed by atoms with Gasteiger partial charge in [-0.2, -0.15) is 0 Å². The first-order chi connectivity index (χ1) is 5.27. The second-order valence-electron chi connectivity index (χ2n) is 4.31. The van der Waals surface area contributed by atoms with Gasteiger partial charge in [0.05, 0.1) is 0 Å². The summed E-state index contributed by atoms with van der Waals surface area (Å²) >= 11 is 0. The number of aliphatic hydroxyl groups is 1. The van der Waals surface area contributed by atoms with Crippen molar-refractivity contribution in [1.29, 1.82) is 0 Å². The summed E-state index contributed by atoms with van der Waals surface area (Å²) < 4.78 is 0. The maximum atomic E-state index is 9.29. The summed E-state index contributed by atoms with van der Waals surface area (Å²) in [7, 11) is 0. The fourth-order valence-corrected chi connectivity index (χ4v) is 3.09. The van der Waals surface area contributed by atoms with Crippen LogP contribution >= 0.6 is 0 Å². The molecule has 2 saturated carbocycles. The van der Waals surface area contributed by atoms with Crippen LogP contribution in [0.1, 0.15) is 32.1 Å². The molecule has 0 amide bonds. The van der Waals surface area contributed by atoms with Crippen molar-refractivity contribution in [3.8, 4) is 0 Å². The lowest BCUT2D eigenvalue weighted by molar-refractivity contribution is 0.105. The number of aliphatic hydroxyl groups excluding tert-OH is 1. The maximum absolute atomic E-state index is 9.29. The zero-order valence-electron chi connectivity index (χ0n) is 6.92. The molecule has 0 saturated heterocycles. The van der Waals surface area contributed by atoms with Crippen LogP contribution in [0.3, 0.4) is 0 Å². The predicted molar refractivity (Wildman–Crippen MR) is 44.1 cm³/mol. The Morgan fingerprint density at radius 2 is 2.36 bits per heavy atom. The molecule has 2 aliphatic rings. The van der Waals surface area contributed by atoms with E-state index in [1.807, 2.05) is 0 Å². The number of rotatable bonds is 1. The molecule has 64 valence electrons. The Morgan fingerprint density at radius 3 is 3.00 bits per heavy atom. The zero-order valence-corrected chi connectivity index (χ0v) is 6.92. The molecule has 3 atom stereocenters. The monoisotopic (exact) mass is 155 g/mol. The van der Waals surface area contributed by atoms with Crippen molar-refractivity contribution in [3.05, 3.63) is 0 Å².